The molecular formula is C22H25N4O2+. The minimum atomic E-state index is -0.173. The fourth-order valence-corrected chi connectivity index (χ4v) is 3.49. The first-order valence-corrected chi connectivity index (χ1v) is 9.49. The van der Waals surface area contributed by atoms with Crippen LogP contribution in [0.15, 0.2) is 48.5 Å². The molecule has 144 valence electrons. The van der Waals surface area contributed by atoms with Gasteiger partial charge in [0.2, 0.25) is 0 Å². The van der Waals surface area contributed by atoms with Crippen molar-refractivity contribution >= 4 is 23.1 Å². The number of benzene rings is 2. The smallest absolute Gasteiger partial charge is 0.282 e. The maximum absolute atomic E-state index is 12.6. The van der Waals surface area contributed by atoms with Gasteiger partial charge < -0.3 is 15.1 Å². The summed E-state index contributed by atoms with van der Waals surface area (Å²) >= 11 is 0. The van der Waals surface area contributed by atoms with E-state index in [-0.39, 0.29) is 17.7 Å². The molecule has 6 nitrogen and oxygen atoms in total. The summed E-state index contributed by atoms with van der Waals surface area (Å²) in [7, 11) is 0. The molecule has 0 aromatic heterocycles. The van der Waals surface area contributed by atoms with E-state index in [2.05, 4.69) is 16.3 Å². The lowest BCUT2D eigenvalue weighted by atomic mass is 10.1. The number of hydrogen-bond donors (Lipinski definition) is 2. The number of carbonyl (C=O) groups excluding carboxylic acids is 2. The number of ketones is 1. The number of amides is 1. The molecule has 28 heavy (non-hydrogen) atoms. The van der Waals surface area contributed by atoms with E-state index in [1.165, 1.54) is 4.90 Å². The molecule has 1 fully saturated rings. The molecule has 0 saturated carbocycles. The molecule has 1 atom stereocenters. The number of piperazine rings is 1. The number of nitrogens with one attached hydrogen (secondary N) is 2. The highest BCUT2D eigenvalue weighted by atomic mass is 16.2. The van der Waals surface area contributed by atoms with Gasteiger partial charge in [-0.2, -0.15) is 5.26 Å². The molecule has 1 saturated heterocycles. The van der Waals surface area contributed by atoms with Gasteiger partial charge >= 0.3 is 0 Å². The minimum Gasteiger partial charge on any atom is -0.360 e. The van der Waals surface area contributed by atoms with Crippen molar-refractivity contribution in [3.8, 4) is 6.07 Å². The van der Waals surface area contributed by atoms with Gasteiger partial charge in [-0.25, -0.2) is 0 Å². The molecule has 6 heteroatoms. The Morgan fingerprint density at radius 3 is 2.43 bits per heavy atom. The third-order valence-corrected chi connectivity index (χ3v) is 5.31. The number of hydrogen-bond acceptors (Lipinski definition) is 4. The van der Waals surface area contributed by atoms with E-state index in [0.29, 0.717) is 11.3 Å². The zero-order valence-electron chi connectivity index (χ0n) is 16.2. The monoisotopic (exact) mass is 377 g/mol. The lowest BCUT2D eigenvalue weighted by Gasteiger charge is -2.36. The van der Waals surface area contributed by atoms with E-state index in [1.54, 1.807) is 31.2 Å². The average Bonchev–Trinajstić information content (AvgIpc) is 2.73. The van der Waals surface area contributed by atoms with Gasteiger partial charge in [0.15, 0.2) is 11.8 Å². The summed E-state index contributed by atoms with van der Waals surface area (Å²) in [5.74, 6) is 0.0327. The van der Waals surface area contributed by atoms with Crippen LogP contribution in [0.2, 0.25) is 0 Å². The molecule has 3 rings (SSSR count). The lowest BCUT2D eigenvalue weighted by molar-refractivity contribution is -0.914. The fourth-order valence-electron chi connectivity index (χ4n) is 3.49. The maximum atomic E-state index is 12.6. The Bertz CT molecular complexity index is 893. The summed E-state index contributed by atoms with van der Waals surface area (Å²) in [5.41, 5.74) is 3.01. The topological polar surface area (TPSA) is 77.6 Å². The standard InChI is InChI=1S/C22H24N4O2/c1-16(22(28)24-20-5-3-4-18(14-20)15-23)25-10-12-26(13-11-25)21-8-6-19(7-9-21)17(2)27/h3-9,14,16H,10-13H2,1-2H3,(H,24,28)/p+1/t16-/m1/s1. The summed E-state index contributed by atoms with van der Waals surface area (Å²) < 4.78 is 0. The van der Waals surface area contributed by atoms with Crippen molar-refractivity contribution in [2.75, 3.05) is 36.4 Å². The number of carbonyl (C=O) groups is 2. The van der Waals surface area contributed by atoms with Gasteiger partial charge in [-0.05, 0) is 56.3 Å². The van der Waals surface area contributed by atoms with Crippen molar-refractivity contribution in [2.45, 2.75) is 19.9 Å². The minimum absolute atomic E-state index is 0.0376. The molecule has 2 aromatic carbocycles. The number of Topliss-reactive ketones (excluding diaryl/α,β-unsaturated/α-hetero) is 1. The van der Waals surface area contributed by atoms with E-state index in [0.717, 1.165) is 37.4 Å². The zero-order chi connectivity index (χ0) is 20.1. The molecule has 1 amide bonds. The molecule has 1 heterocycles. The second kappa shape index (κ2) is 8.68. The van der Waals surface area contributed by atoms with Crippen LogP contribution in [0.5, 0.6) is 0 Å². The van der Waals surface area contributed by atoms with Crippen LogP contribution < -0.4 is 15.1 Å². The molecule has 2 aromatic rings. The number of quaternary nitrogens is 1. The second-order valence-electron chi connectivity index (χ2n) is 7.15. The van der Waals surface area contributed by atoms with Crippen molar-refractivity contribution in [1.82, 2.24) is 0 Å². The first-order chi connectivity index (χ1) is 13.5. The average molecular weight is 377 g/mol. The van der Waals surface area contributed by atoms with Crippen molar-refractivity contribution in [3.63, 3.8) is 0 Å². The molecule has 0 radical (unpaired) electrons. The molecule has 0 unspecified atom stereocenters. The molecule has 0 spiro atoms. The highest BCUT2D eigenvalue weighted by molar-refractivity contribution is 5.94. The van der Waals surface area contributed by atoms with Gasteiger partial charge in [-0.3, -0.25) is 9.59 Å². The van der Waals surface area contributed by atoms with Crippen LogP contribution in [0, 0.1) is 11.3 Å². The SMILES string of the molecule is CC(=O)c1ccc(N2CC[NH+]([C@H](C)C(=O)Nc3cccc(C#N)c3)CC2)cc1. The predicted molar refractivity (Wildman–Crippen MR) is 109 cm³/mol. The number of rotatable bonds is 5. The fraction of sp³-hybridized carbons (Fsp3) is 0.318. The quantitative estimate of drug-likeness (QED) is 0.774. The third kappa shape index (κ3) is 4.56. The lowest BCUT2D eigenvalue weighted by Crippen LogP contribution is -3.19. The Labute approximate surface area is 165 Å². The maximum Gasteiger partial charge on any atom is 0.282 e. The van der Waals surface area contributed by atoms with Crippen LogP contribution in [-0.4, -0.2) is 43.9 Å². The Balaban J connectivity index is 1.55. The Morgan fingerprint density at radius 2 is 1.82 bits per heavy atom. The summed E-state index contributed by atoms with van der Waals surface area (Å²) in [6.07, 6.45) is 0. The van der Waals surface area contributed by atoms with Crippen molar-refractivity contribution < 1.29 is 14.5 Å². The van der Waals surface area contributed by atoms with Crippen LogP contribution in [0.25, 0.3) is 0 Å². The van der Waals surface area contributed by atoms with Gasteiger partial charge in [0.25, 0.3) is 5.91 Å². The molecule has 2 N–H and O–H groups in total. The highest BCUT2D eigenvalue weighted by Crippen LogP contribution is 2.16. The van der Waals surface area contributed by atoms with Crippen LogP contribution >= 0.6 is 0 Å². The summed E-state index contributed by atoms with van der Waals surface area (Å²) in [5, 5.41) is 11.9. The molecule has 0 bridgehead atoms. The summed E-state index contributed by atoms with van der Waals surface area (Å²) in [6, 6.07) is 16.6. The van der Waals surface area contributed by atoms with Crippen LogP contribution in [-0.2, 0) is 4.79 Å². The van der Waals surface area contributed by atoms with Crippen LogP contribution in [0.3, 0.4) is 0 Å². The highest BCUT2D eigenvalue weighted by Gasteiger charge is 2.29. The second-order valence-corrected chi connectivity index (χ2v) is 7.15. The number of nitriles is 1. The van der Waals surface area contributed by atoms with E-state index < -0.39 is 0 Å². The van der Waals surface area contributed by atoms with E-state index >= 15 is 0 Å². The van der Waals surface area contributed by atoms with Gasteiger partial charge in [0.05, 0.1) is 37.8 Å². The van der Waals surface area contributed by atoms with Crippen molar-refractivity contribution in [1.29, 1.82) is 5.26 Å². The number of anilines is 2. The van der Waals surface area contributed by atoms with Gasteiger partial charge in [-0.15, -0.1) is 0 Å². The van der Waals surface area contributed by atoms with Gasteiger partial charge in [0.1, 0.15) is 0 Å². The van der Waals surface area contributed by atoms with Crippen LogP contribution in [0.4, 0.5) is 11.4 Å². The van der Waals surface area contributed by atoms with E-state index in [1.807, 2.05) is 31.2 Å². The molecule has 1 aliphatic heterocycles. The summed E-state index contributed by atoms with van der Waals surface area (Å²) in [4.78, 5) is 27.5. The molecule has 1 aliphatic rings. The Kier molecular flexibility index (Phi) is 6.07. The predicted octanol–water partition coefficient (Wildman–Crippen LogP) is 1.49. The first kappa shape index (κ1) is 19.6. The Hall–Kier alpha value is -3.17. The molecular weight excluding hydrogens is 352 g/mol. The normalized spacial score (nSPS) is 15.5. The van der Waals surface area contributed by atoms with Crippen molar-refractivity contribution in [3.05, 3.63) is 59.7 Å². The van der Waals surface area contributed by atoms with E-state index in [9.17, 15) is 9.59 Å². The Morgan fingerprint density at radius 1 is 1.14 bits per heavy atom. The van der Waals surface area contributed by atoms with E-state index in [4.69, 9.17) is 5.26 Å². The van der Waals surface area contributed by atoms with Gasteiger partial charge in [0, 0.05) is 16.9 Å². The van der Waals surface area contributed by atoms with Gasteiger partial charge in [-0.1, -0.05) is 6.07 Å². The summed E-state index contributed by atoms with van der Waals surface area (Å²) in [6.45, 7) is 6.95. The van der Waals surface area contributed by atoms with Crippen LogP contribution in [0.1, 0.15) is 29.8 Å². The zero-order valence-corrected chi connectivity index (χ0v) is 16.2. The number of nitrogens with zero attached hydrogens (tertiary/aromatic N) is 2. The third-order valence-electron chi connectivity index (χ3n) is 5.31. The molecule has 0 aliphatic carbocycles. The largest absolute Gasteiger partial charge is 0.360 e. The first-order valence-electron chi connectivity index (χ1n) is 9.49. The van der Waals surface area contributed by atoms with Crippen molar-refractivity contribution in [2.24, 2.45) is 0 Å².